The predicted molar refractivity (Wildman–Crippen MR) is 122 cm³/mol. The highest BCUT2D eigenvalue weighted by Crippen LogP contribution is 2.19. The Kier molecular flexibility index (Phi) is 16.1. The largest absolute Gasteiger partial charge is 0.496 e. The van der Waals surface area contributed by atoms with E-state index in [0.29, 0.717) is 5.76 Å². The summed E-state index contributed by atoms with van der Waals surface area (Å²) in [4.78, 5) is 0. The first-order chi connectivity index (χ1) is 14.6. The number of allylic oxidation sites excluding steroid dienone is 3. The summed E-state index contributed by atoms with van der Waals surface area (Å²) in [6.07, 6.45) is 18.2. The normalized spacial score (nSPS) is 22.6. The first kappa shape index (κ1) is 27.2. The molecule has 176 valence electrons. The van der Waals surface area contributed by atoms with Gasteiger partial charge in [0.25, 0.3) is 0 Å². The Balaban J connectivity index is 1.87. The maximum Gasteiger partial charge on any atom is 0.117 e. The fourth-order valence-corrected chi connectivity index (χ4v) is 3.73. The first-order valence-electron chi connectivity index (χ1n) is 12.2. The first-order valence-corrected chi connectivity index (χ1v) is 12.2. The molecule has 0 aromatic heterocycles. The van der Waals surface area contributed by atoms with E-state index in [9.17, 15) is 15.3 Å². The zero-order valence-corrected chi connectivity index (χ0v) is 19.1. The molecule has 0 aromatic carbocycles. The molecule has 0 radical (unpaired) electrons. The van der Waals surface area contributed by atoms with Crippen LogP contribution >= 0.6 is 0 Å². The number of ether oxygens (including phenoxy) is 2. The van der Waals surface area contributed by atoms with E-state index >= 15 is 0 Å². The molecule has 30 heavy (non-hydrogen) atoms. The molecule has 1 aliphatic rings. The fraction of sp³-hybridized carbons (Fsp3) is 0.840. The van der Waals surface area contributed by atoms with E-state index in [1.54, 1.807) is 0 Å². The number of hydrogen-bond acceptors (Lipinski definition) is 5. The third kappa shape index (κ3) is 12.7. The summed E-state index contributed by atoms with van der Waals surface area (Å²) >= 11 is 0. The van der Waals surface area contributed by atoms with Crippen LogP contribution in [0.4, 0.5) is 0 Å². The summed E-state index contributed by atoms with van der Waals surface area (Å²) in [7, 11) is 0. The van der Waals surface area contributed by atoms with E-state index in [2.05, 4.69) is 25.7 Å². The van der Waals surface area contributed by atoms with Gasteiger partial charge in [-0.25, -0.2) is 0 Å². The highest BCUT2D eigenvalue weighted by molar-refractivity contribution is 4.89. The van der Waals surface area contributed by atoms with Crippen molar-refractivity contribution in [3.63, 3.8) is 0 Å². The van der Waals surface area contributed by atoms with Crippen molar-refractivity contribution in [3.05, 3.63) is 24.5 Å². The van der Waals surface area contributed by atoms with Crippen LogP contribution in [0, 0.1) is 0 Å². The molecule has 5 heteroatoms. The van der Waals surface area contributed by atoms with E-state index in [1.165, 1.54) is 70.6 Å². The van der Waals surface area contributed by atoms with Crippen molar-refractivity contribution in [3.8, 4) is 0 Å². The smallest absolute Gasteiger partial charge is 0.117 e. The fourth-order valence-electron chi connectivity index (χ4n) is 3.73. The Morgan fingerprint density at radius 3 is 2.10 bits per heavy atom. The van der Waals surface area contributed by atoms with Gasteiger partial charge in [-0.15, -0.1) is 0 Å². The van der Waals surface area contributed by atoms with Gasteiger partial charge in [0, 0.05) is 6.42 Å². The second-order valence-electron chi connectivity index (χ2n) is 8.61. The van der Waals surface area contributed by atoms with Gasteiger partial charge in [-0.2, -0.15) is 0 Å². The lowest BCUT2D eigenvalue weighted by molar-refractivity contribution is -0.0734. The topological polar surface area (TPSA) is 79.2 Å². The maximum atomic E-state index is 10.0. The van der Waals surface area contributed by atoms with Crippen molar-refractivity contribution in [1.29, 1.82) is 0 Å². The minimum Gasteiger partial charge on any atom is -0.496 e. The molecule has 0 spiro atoms. The molecule has 4 unspecified atom stereocenters. The highest BCUT2D eigenvalue weighted by atomic mass is 16.5. The van der Waals surface area contributed by atoms with E-state index < -0.39 is 24.4 Å². The lowest BCUT2D eigenvalue weighted by atomic mass is 10.1. The van der Waals surface area contributed by atoms with Gasteiger partial charge < -0.3 is 24.8 Å². The van der Waals surface area contributed by atoms with Gasteiger partial charge in [-0.1, -0.05) is 77.0 Å². The molecule has 1 aliphatic heterocycles. The van der Waals surface area contributed by atoms with Crippen LogP contribution in [0.1, 0.15) is 96.8 Å². The van der Waals surface area contributed by atoms with E-state index in [-0.39, 0.29) is 13.2 Å². The van der Waals surface area contributed by atoms with Crippen LogP contribution in [-0.4, -0.2) is 52.9 Å². The SMILES string of the molecule is C=C(CCCCCCC/C=C\CCCCCCCC)OCC(O)C1OCC(O)C1O. The van der Waals surface area contributed by atoms with Gasteiger partial charge in [-0.05, 0) is 32.1 Å². The minimum absolute atomic E-state index is 0.0261. The molecule has 0 aliphatic carbocycles. The van der Waals surface area contributed by atoms with Crippen molar-refractivity contribution in [2.24, 2.45) is 0 Å². The van der Waals surface area contributed by atoms with Crippen LogP contribution in [0.15, 0.2) is 24.5 Å². The summed E-state index contributed by atoms with van der Waals surface area (Å²) in [6.45, 7) is 6.22. The molecule has 0 aromatic rings. The average molecular weight is 427 g/mol. The standard InChI is InChI=1S/C25H46O5/c1-3-4-5-6-7-8-9-10-11-12-13-14-15-16-17-18-21(2)29-20-23(27)25-24(28)22(26)19-30-25/h10-11,22-28H,2-9,12-20H2,1H3/b11-10-. The van der Waals surface area contributed by atoms with Crippen molar-refractivity contribution in [1.82, 2.24) is 0 Å². The zero-order valence-electron chi connectivity index (χ0n) is 19.1. The van der Waals surface area contributed by atoms with Crippen LogP contribution in [0.2, 0.25) is 0 Å². The predicted octanol–water partition coefficient (Wildman–Crippen LogP) is 5.04. The van der Waals surface area contributed by atoms with Crippen LogP contribution in [0.5, 0.6) is 0 Å². The van der Waals surface area contributed by atoms with Crippen LogP contribution in [0.3, 0.4) is 0 Å². The Labute approximate surface area is 184 Å². The number of rotatable bonds is 19. The summed E-state index contributed by atoms with van der Waals surface area (Å²) in [6, 6.07) is 0. The molecule has 4 atom stereocenters. The van der Waals surface area contributed by atoms with Gasteiger partial charge >= 0.3 is 0 Å². The molecule has 0 bridgehead atoms. The number of hydrogen-bond donors (Lipinski definition) is 3. The lowest BCUT2D eigenvalue weighted by Crippen LogP contribution is -2.40. The number of aliphatic hydroxyl groups is 3. The summed E-state index contributed by atoms with van der Waals surface area (Å²) < 4.78 is 10.7. The van der Waals surface area contributed by atoms with Crippen molar-refractivity contribution in [2.45, 2.75) is 121 Å². The molecule has 0 amide bonds. The third-order valence-electron chi connectivity index (χ3n) is 5.75. The number of aliphatic hydroxyl groups excluding tert-OH is 3. The maximum absolute atomic E-state index is 10.0. The minimum atomic E-state index is -1.07. The molecule has 1 heterocycles. The summed E-state index contributed by atoms with van der Waals surface area (Å²) in [5, 5.41) is 29.2. The molecule has 5 nitrogen and oxygen atoms in total. The van der Waals surface area contributed by atoms with Crippen molar-refractivity contribution < 1.29 is 24.8 Å². The molecule has 3 N–H and O–H groups in total. The van der Waals surface area contributed by atoms with E-state index in [1.807, 2.05) is 0 Å². The highest BCUT2D eigenvalue weighted by Gasteiger charge is 2.39. The Morgan fingerprint density at radius 2 is 1.53 bits per heavy atom. The molecular formula is C25H46O5. The second-order valence-corrected chi connectivity index (χ2v) is 8.61. The molecular weight excluding hydrogens is 380 g/mol. The monoisotopic (exact) mass is 426 g/mol. The second kappa shape index (κ2) is 17.8. The summed E-state index contributed by atoms with van der Waals surface area (Å²) in [5.74, 6) is 0.653. The Bertz CT molecular complexity index is 451. The van der Waals surface area contributed by atoms with Crippen LogP contribution < -0.4 is 0 Å². The number of unbranched alkanes of at least 4 members (excludes halogenated alkanes) is 11. The van der Waals surface area contributed by atoms with Gasteiger partial charge in [-0.3, -0.25) is 0 Å². The van der Waals surface area contributed by atoms with Gasteiger partial charge in [0.1, 0.15) is 31.0 Å². The molecule has 1 rings (SSSR count). The van der Waals surface area contributed by atoms with Crippen LogP contribution in [-0.2, 0) is 9.47 Å². The van der Waals surface area contributed by atoms with Crippen molar-refractivity contribution >= 4 is 0 Å². The Morgan fingerprint density at radius 1 is 0.967 bits per heavy atom. The molecule has 1 saturated heterocycles. The third-order valence-corrected chi connectivity index (χ3v) is 5.75. The Hall–Kier alpha value is -0.880. The van der Waals surface area contributed by atoms with Gasteiger partial charge in [0.2, 0.25) is 0 Å². The lowest BCUT2D eigenvalue weighted by Gasteiger charge is -2.21. The molecule has 0 saturated carbocycles. The molecule has 1 fully saturated rings. The average Bonchev–Trinajstić information content (AvgIpc) is 3.07. The quantitative estimate of drug-likeness (QED) is 0.153. The summed E-state index contributed by atoms with van der Waals surface area (Å²) in [5.41, 5.74) is 0. The van der Waals surface area contributed by atoms with Crippen LogP contribution in [0.25, 0.3) is 0 Å². The van der Waals surface area contributed by atoms with Crippen molar-refractivity contribution in [2.75, 3.05) is 13.2 Å². The van der Waals surface area contributed by atoms with E-state index in [4.69, 9.17) is 9.47 Å². The van der Waals surface area contributed by atoms with Gasteiger partial charge in [0.05, 0.1) is 12.4 Å². The van der Waals surface area contributed by atoms with Gasteiger partial charge in [0.15, 0.2) is 0 Å². The zero-order chi connectivity index (χ0) is 22.0. The van der Waals surface area contributed by atoms with E-state index in [0.717, 1.165) is 19.3 Å².